The molecule has 6 heteroatoms. The number of likely N-dealkylation sites (tertiary alicyclic amines) is 2. The number of rotatable bonds is 5. The normalized spacial score (nSPS) is 23.3. The number of esters is 1. The summed E-state index contributed by atoms with van der Waals surface area (Å²) in [6, 6.07) is 7.99. The largest absolute Gasteiger partial charge is 0.469 e. The molecule has 1 aromatic rings. The molecular weight excluding hydrogens is 328 g/mol. The number of carbonyl (C=O) groups excluding carboxylic acids is 2. The van der Waals surface area contributed by atoms with Crippen LogP contribution in [0.4, 0.5) is 0 Å². The number of halogens is 1. The number of ether oxygens (including phenoxy) is 1. The zero-order chi connectivity index (χ0) is 17.1. The minimum atomic E-state index is -0.322. The molecule has 1 amide bonds. The van der Waals surface area contributed by atoms with E-state index >= 15 is 0 Å². The molecule has 0 saturated carbocycles. The standard InChI is InChI=1S/C18H23ClN2O3/c1-24-18(23)7-6-17(22)21-11-14-9-20(10-15(14)12-21)8-13-2-4-16(19)5-3-13/h2-5,14-15H,6-12H2,1H3. The lowest BCUT2D eigenvalue weighted by Crippen LogP contribution is -2.33. The highest BCUT2D eigenvalue weighted by Gasteiger charge is 2.41. The molecule has 24 heavy (non-hydrogen) atoms. The third kappa shape index (κ3) is 4.08. The van der Waals surface area contributed by atoms with Gasteiger partial charge in [0, 0.05) is 44.2 Å². The van der Waals surface area contributed by atoms with Gasteiger partial charge < -0.3 is 9.64 Å². The first-order valence-corrected chi connectivity index (χ1v) is 8.74. The van der Waals surface area contributed by atoms with Crippen LogP contribution in [0.5, 0.6) is 0 Å². The molecule has 5 nitrogen and oxygen atoms in total. The van der Waals surface area contributed by atoms with E-state index < -0.39 is 0 Å². The number of hydrogen-bond donors (Lipinski definition) is 0. The van der Waals surface area contributed by atoms with Crippen LogP contribution in [0.15, 0.2) is 24.3 Å². The average Bonchev–Trinajstić information content (AvgIpc) is 3.12. The van der Waals surface area contributed by atoms with Gasteiger partial charge in [0.05, 0.1) is 13.5 Å². The molecule has 2 aliphatic rings. The predicted molar refractivity (Wildman–Crippen MR) is 91.5 cm³/mol. The molecule has 2 fully saturated rings. The summed E-state index contributed by atoms with van der Waals surface area (Å²) in [5, 5.41) is 0.762. The summed E-state index contributed by atoms with van der Waals surface area (Å²) in [7, 11) is 1.35. The van der Waals surface area contributed by atoms with E-state index in [9.17, 15) is 9.59 Å². The van der Waals surface area contributed by atoms with Crippen molar-refractivity contribution >= 4 is 23.5 Å². The second-order valence-electron chi connectivity index (χ2n) is 6.72. The summed E-state index contributed by atoms with van der Waals surface area (Å²) in [6.45, 7) is 4.59. The summed E-state index contributed by atoms with van der Waals surface area (Å²) in [6.07, 6.45) is 0.421. The van der Waals surface area contributed by atoms with Crippen molar-refractivity contribution in [1.82, 2.24) is 9.80 Å². The van der Waals surface area contributed by atoms with Gasteiger partial charge in [-0.05, 0) is 29.5 Å². The van der Waals surface area contributed by atoms with Crippen LogP contribution in [0.3, 0.4) is 0 Å². The van der Waals surface area contributed by atoms with E-state index in [4.69, 9.17) is 11.6 Å². The van der Waals surface area contributed by atoms with Crippen LogP contribution in [0, 0.1) is 11.8 Å². The van der Waals surface area contributed by atoms with Gasteiger partial charge in [-0.2, -0.15) is 0 Å². The van der Waals surface area contributed by atoms with E-state index in [2.05, 4.69) is 21.8 Å². The smallest absolute Gasteiger partial charge is 0.306 e. The summed E-state index contributed by atoms with van der Waals surface area (Å²) >= 11 is 5.93. The van der Waals surface area contributed by atoms with Gasteiger partial charge in [0.1, 0.15) is 0 Å². The van der Waals surface area contributed by atoms with Gasteiger partial charge in [-0.1, -0.05) is 23.7 Å². The summed E-state index contributed by atoms with van der Waals surface area (Å²) in [5.74, 6) is 0.828. The lowest BCUT2D eigenvalue weighted by Gasteiger charge is -2.21. The highest BCUT2D eigenvalue weighted by atomic mass is 35.5. The van der Waals surface area contributed by atoms with Gasteiger partial charge in [-0.25, -0.2) is 0 Å². The first-order chi connectivity index (χ1) is 11.5. The van der Waals surface area contributed by atoms with Crippen molar-refractivity contribution in [2.24, 2.45) is 11.8 Å². The molecule has 0 bridgehead atoms. The second kappa shape index (κ2) is 7.53. The van der Waals surface area contributed by atoms with Crippen LogP contribution in [-0.2, 0) is 20.9 Å². The van der Waals surface area contributed by atoms with Crippen molar-refractivity contribution in [3.8, 4) is 0 Å². The van der Waals surface area contributed by atoms with Crippen LogP contribution < -0.4 is 0 Å². The highest BCUT2D eigenvalue weighted by Crippen LogP contribution is 2.32. The van der Waals surface area contributed by atoms with Crippen molar-refractivity contribution in [2.45, 2.75) is 19.4 Å². The Hall–Kier alpha value is -1.59. The van der Waals surface area contributed by atoms with Gasteiger partial charge in [0.2, 0.25) is 5.91 Å². The number of carbonyl (C=O) groups is 2. The van der Waals surface area contributed by atoms with Crippen molar-refractivity contribution < 1.29 is 14.3 Å². The van der Waals surface area contributed by atoms with Gasteiger partial charge in [-0.3, -0.25) is 14.5 Å². The van der Waals surface area contributed by atoms with Gasteiger partial charge in [-0.15, -0.1) is 0 Å². The zero-order valence-electron chi connectivity index (χ0n) is 13.9. The molecule has 2 heterocycles. The minimum Gasteiger partial charge on any atom is -0.469 e. The Kier molecular flexibility index (Phi) is 5.41. The van der Waals surface area contributed by atoms with E-state index in [0.717, 1.165) is 37.7 Å². The fourth-order valence-corrected chi connectivity index (χ4v) is 3.87. The Balaban J connectivity index is 1.46. The number of methoxy groups -OCH3 is 1. The van der Waals surface area contributed by atoms with Gasteiger partial charge in [0.25, 0.3) is 0 Å². The molecule has 0 aromatic heterocycles. The number of nitrogens with zero attached hydrogens (tertiary/aromatic N) is 2. The Morgan fingerprint density at radius 2 is 1.71 bits per heavy atom. The predicted octanol–water partition coefficient (Wildman–Crippen LogP) is 2.18. The molecule has 130 valence electrons. The SMILES string of the molecule is COC(=O)CCC(=O)N1CC2CN(Cc3ccc(Cl)cc3)CC2C1. The number of fused-ring (bicyclic) bond motifs is 1. The van der Waals surface area contributed by atoms with E-state index in [0.29, 0.717) is 11.8 Å². The number of hydrogen-bond acceptors (Lipinski definition) is 4. The van der Waals surface area contributed by atoms with Gasteiger partial charge in [0.15, 0.2) is 0 Å². The lowest BCUT2D eigenvalue weighted by molar-refractivity contribution is -0.143. The van der Waals surface area contributed by atoms with E-state index in [1.165, 1.54) is 12.7 Å². The molecule has 0 spiro atoms. The lowest BCUT2D eigenvalue weighted by atomic mass is 10.0. The van der Waals surface area contributed by atoms with Crippen molar-refractivity contribution in [3.63, 3.8) is 0 Å². The van der Waals surface area contributed by atoms with Crippen LogP contribution in [0.2, 0.25) is 5.02 Å². The van der Waals surface area contributed by atoms with Crippen molar-refractivity contribution in [2.75, 3.05) is 33.3 Å². The fourth-order valence-electron chi connectivity index (χ4n) is 3.74. The number of amides is 1. The highest BCUT2D eigenvalue weighted by molar-refractivity contribution is 6.30. The molecule has 2 aliphatic heterocycles. The second-order valence-corrected chi connectivity index (χ2v) is 7.15. The molecule has 3 rings (SSSR count). The molecular formula is C18H23ClN2O3. The third-order valence-electron chi connectivity index (χ3n) is 5.00. The maximum atomic E-state index is 12.2. The van der Waals surface area contributed by atoms with Crippen LogP contribution in [0.25, 0.3) is 0 Å². The average molecular weight is 351 g/mol. The van der Waals surface area contributed by atoms with Crippen LogP contribution in [-0.4, -0.2) is 55.0 Å². The third-order valence-corrected chi connectivity index (χ3v) is 5.26. The summed E-state index contributed by atoms with van der Waals surface area (Å²) in [4.78, 5) is 27.7. The van der Waals surface area contributed by atoms with Crippen LogP contribution in [0.1, 0.15) is 18.4 Å². The first kappa shape index (κ1) is 17.2. The Bertz CT molecular complexity index is 591. The van der Waals surface area contributed by atoms with E-state index in [-0.39, 0.29) is 24.7 Å². The fraction of sp³-hybridized carbons (Fsp3) is 0.556. The molecule has 0 N–H and O–H groups in total. The Morgan fingerprint density at radius 1 is 1.08 bits per heavy atom. The molecule has 1 aromatic carbocycles. The van der Waals surface area contributed by atoms with E-state index in [1.54, 1.807) is 0 Å². The maximum absolute atomic E-state index is 12.2. The maximum Gasteiger partial charge on any atom is 0.306 e. The minimum absolute atomic E-state index is 0.0686. The van der Waals surface area contributed by atoms with Crippen molar-refractivity contribution in [1.29, 1.82) is 0 Å². The molecule has 0 radical (unpaired) electrons. The summed E-state index contributed by atoms with van der Waals surface area (Å²) < 4.78 is 4.59. The molecule has 2 saturated heterocycles. The molecule has 0 aliphatic carbocycles. The molecule has 2 unspecified atom stereocenters. The van der Waals surface area contributed by atoms with Crippen molar-refractivity contribution in [3.05, 3.63) is 34.9 Å². The summed E-state index contributed by atoms with van der Waals surface area (Å²) in [5.41, 5.74) is 1.27. The van der Waals surface area contributed by atoms with Crippen LogP contribution >= 0.6 is 11.6 Å². The van der Waals surface area contributed by atoms with E-state index in [1.807, 2.05) is 17.0 Å². The Morgan fingerprint density at radius 3 is 2.29 bits per heavy atom. The molecule has 2 atom stereocenters. The topological polar surface area (TPSA) is 49.9 Å². The Labute approximate surface area is 147 Å². The zero-order valence-corrected chi connectivity index (χ0v) is 14.7. The monoisotopic (exact) mass is 350 g/mol. The van der Waals surface area contributed by atoms with Gasteiger partial charge >= 0.3 is 5.97 Å². The first-order valence-electron chi connectivity index (χ1n) is 8.36. The number of benzene rings is 1. The quantitative estimate of drug-likeness (QED) is 0.764.